The van der Waals surface area contributed by atoms with Gasteiger partial charge in [0.1, 0.15) is 5.69 Å². The Morgan fingerprint density at radius 2 is 1.58 bits per heavy atom. The summed E-state index contributed by atoms with van der Waals surface area (Å²) in [4.78, 5) is 0. The molecule has 0 radical (unpaired) electrons. The molecule has 2 aromatic carbocycles. The number of rotatable bonds is 3. The third-order valence-electron chi connectivity index (χ3n) is 3.49. The molecule has 24 heavy (non-hydrogen) atoms. The van der Waals surface area contributed by atoms with Gasteiger partial charge in [0.15, 0.2) is 0 Å². The topological polar surface area (TPSA) is 42.5 Å². The minimum absolute atomic E-state index is 0.443. The van der Waals surface area contributed by atoms with E-state index in [9.17, 15) is 0 Å². The Labute approximate surface area is 154 Å². The molecule has 0 fully saturated rings. The van der Waals surface area contributed by atoms with Crippen molar-refractivity contribution in [2.45, 2.75) is 13.8 Å². The molecule has 0 unspecified atom stereocenters. The van der Waals surface area contributed by atoms with Gasteiger partial charge >= 0.3 is 0 Å². The Morgan fingerprint density at radius 3 is 2.25 bits per heavy atom. The van der Waals surface area contributed by atoms with Crippen LogP contribution < -0.4 is 0 Å². The molecule has 1 heterocycles. The SMILES string of the molecule is Cc1nn(-c2ccc(Cl)cc2)c(C)c1N=Nc1ccc(Cl)c(Cl)c1. The molecule has 1 aromatic heterocycles. The van der Waals surface area contributed by atoms with Gasteiger partial charge in [-0.2, -0.15) is 10.2 Å². The van der Waals surface area contributed by atoms with Crippen molar-refractivity contribution in [2.24, 2.45) is 10.2 Å². The van der Waals surface area contributed by atoms with Crippen molar-refractivity contribution in [3.8, 4) is 5.69 Å². The van der Waals surface area contributed by atoms with Gasteiger partial charge in [0, 0.05) is 5.02 Å². The van der Waals surface area contributed by atoms with Crippen molar-refractivity contribution in [1.29, 1.82) is 0 Å². The van der Waals surface area contributed by atoms with Crippen LogP contribution in [-0.4, -0.2) is 9.78 Å². The quantitative estimate of drug-likeness (QED) is 0.458. The summed E-state index contributed by atoms with van der Waals surface area (Å²) in [5, 5.41) is 14.7. The molecular weight excluding hydrogens is 367 g/mol. The maximum Gasteiger partial charge on any atom is 0.130 e. The second-order valence-corrected chi connectivity index (χ2v) is 6.46. The second kappa shape index (κ2) is 6.93. The molecule has 122 valence electrons. The molecule has 0 aliphatic carbocycles. The van der Waals surface area contributed by atoms with Crippen molar-refractivity contribution in [3.63, 3.8) is 0 Å². The van der Waals surface area contributed by atoms with Crippen LogP contribution in [0.4, 0.5) is 11.4 Å². The number of benzene rings is 2. The monoisotopic (exact) mass is 378 g/mol. The van der Waals surface area contributed by atoms with Crippen LogP contribution in [0.3, 0.4) is 0 Å². The van der Waals surface area contributed by atoms with E-state index in [0.29, 0.717) is 20.8 Å². The minimum Gasteiger partial charge on any atom is -0.236 e. The van der Waals surface area contributed by atoms with Gasteiger partial charge in [-0.1, -0.05) is 34.8 Å². The summed E-state index contributed by atoms with van der Waals surface area (Å²) in [6.07, 6.45) is 0. The van der Waals surface area contributed by atoms with E-state index in [-0.39, 0.29) is 0 Å². The summed E-state index contributed by atoms with van der Waals surface area (Å²) >= 11 is 17.8. The van der Waals surface area contributed by atoms with Gasteiger partial charge in [-0.25, -0.2) is 4.68 Å². The Bertz CT molecular complexity index is 914. The van der Waals surface area contributed by atoms with Crippen LogP contribution in [0.15, 0.2) is 52.7 Å². The summed E-state index contributed by atoms with van der Waals surface area (Å²) in [6, 6.07) is 12.6. The number of halogens is 3. The van der Waals surface area contributed by atoms with E-state index >= 15 is 0 Å². The maximum absolute atomic E-state index is 5.99. The number of aromatic nitrogens is 2. The lowest BCUT2D eigenvalue weighted by molar-refractivity contribution is 0.833. The largest absolute Gasteiger partial charge is 0.236 e. The highest BCUT2D eigenvalue weighted by Gasteiger charge is 2.12. The molecule has 0 saturated heterocycles. The van der Waals surface area contributed by atoms with E-state index in [0.717, 1.165) is 22.8 Å². The van der Waals surface area contributed by atoms with Gasteiger partial charge in [0.25, 0.3) is 0 Å². The van der Waals surface area contributed by atoms with E-state index < -0.39 is 0 Å². The van der Waals surface area contributed by atoms with Crippen molar-refractivity contribution < 1.29 is 0 Å². The van der Waals surface area contributed by atoms with E-state index in [1.807, 2.05) is 42.8 Å². The van der Waals surface area contributed by atoms with Gasteiger partial charge in [-0.15, -0.1) is 5.11 Å². The van der Waals surface area contributed by atoms with Crippen LogP contribution in [0.25, 0.3) is 5.69 Å². The molecule has 3 rings (SSSR count). The van der Waals surface area contributed by atoms with Gasteiger partial charge in [0.05, 0.1) is 32.8 Å². The molecule has 0 amide bonds. The number of hydrogen-bond acceptors (Lipinski definition) is 3. The predicted molar refractivity (Wildman–Crippen MR) is 98.7 cm³/mol. The van der Waals surface area contributed by atoms with Crippen LogP contribution in [0, 0.1) is 13.8 Å². The minimum atomic E-state index is 0.443. The summed E-state index contributed by atoms with van der Waals surface area (Å²) < 4.78 is 1.81. The summed E-state index contributed by atoms with van der Waals surface area (Å²) in [6.45, 7) is 3.83. The molecule has 0 N–H and O–H groups in total. The molecule has 7 heteroatoms. The van der Waals surface area contributed by atoms with Crippen LogP contribution in [0.1, 0.15) is 11.4 Å². The Balaban J connectivity index is 1.95. The normalized spacial score (nSPS) is 11.4. The van der Waals surface area contributed by atoms with Crippen LogP contribution in [0.2, 0.25) is 15.1 Å². The smallest absolute Gasteiger partial charge is 0.130 e. The number of aryl methyl sites for hydroxylation is 1. The highest BCUT2D eigenvalue weighted by Crippen LogP contribution is 2.30. The Morgan fingerprint density at radius 1 is 0.875 bits per heavy atom. The van der Waals surface area contributed by atoms with E-state index in [2.05, 4.69) is 15.3 Å². The number of hydrogen-bond donors (Lipinski definition) is 0. The van der Waals surface area contributed by atoms with Crippen molar-refractivity contribution in [1.82, 2.24) is 9.78 Å². The summed E-state index contributed by atoms with van der Waals surface area (Å²) in [5.74, 6) is 0. The average molecular weight is 380 g/mol. The first-order valence-electron chi connectivity index (χ1n) is 7.14. The molecule has 0 aliphatic rings. The zero-order valence-corrected chi connectivity index (χ0v) is 15.2. The Hall–Kier alpha value is -1.88. The lowest BCUT2D eigenvalue weighted by Gasteiger charge is -2.04. The van der Waals surface area contributed by atoms with E-state index in [1.54, 1.807) is 18.2 Å². The van der Waals surface area contributed by atoms with Crippen molar-refractivity contribution in [3.05, 3.63) is 68.9 Å². The standard InChI is InChI=1S/C17H13Cl3N4/c1-10-17(22-21-13-5-8-15(19)16(20)9-13)11(2)24(23-10)14-6-3-12(18)4-7-14/h3-9H,1-2H3. The fourth-order valence-electron chi connectivity index (χ4n) is 2.27. The first kappa shape index (κ1) is 17.0. The third kappa shape index (κ3) is 3.46. The highest BCUT2D eigenvalue weighted by molar-refractivity contribution is 6.42. The predicted octanol–water partition coefficient (Wildman–Crippen LogP) is 6.86. The number of nitrogens with zero attached hydrogens (tertiary/aromatic N) is 4. The van der Waals surface area contributed by atoms with Gasteiger partial charge < -0.3 is 0 Å². The zero-order chi connectivity index (χ0) is 17.3. The summed E-state index contributed by atoms with van der Waals surface area (Å²) in [5.41, 5.74) is 3.93. The molecular formula is C17H13Cl3N4. The molecule has 4 nitrogen and oxygen atoms in total. The van der Waals surface area contributed by atoms with Crippen LogP contribution in [0.5, 0.6) is 0 Å². The van der Waals surface area contributed by atoms with E-state index in [4.69, 9.17) is 34.8 Å². The average Bonchev–Trinajstić information content (AvgIpc) is 2.84. The summed E-state index contributed by atoms with van der Waals surface area (Å²) in [7, 11) is 0. The maximum atomic E-state index is 5.99. The lowest BCUT2D eigenvalue weighted by Crippen LogP contribution is -1.98. The molecule has 0 bridgehead atoms. The number of azo groups is 1. The van der Waals surface area contributed by atoms with Crippen molar-refractivity contribution in [2.75, 3.05) is 0 Å². The van der Waals surface area contributed by atoms with E-state index in [1.165, 1.54) is 0 Å². The zero-order valence-electron chi connectivity index (χ0n) is 13.0. The fourth-order valence-corrected chi connectivity index (χ4v) is 2.69. The van der Waals surface area contributed by atoms with Gasteiger partial charge in [0.2, 0.25) is 0 Å². The third-order valence-corrected chi connectivity index (χ3v) is 4.48. The molecule has 0 atom stereocenters. The Kier molecular flexibility index (Phi) is 4.90. The lowest BCUT2D eigenvalue weighted by atomic mass is 10.3. The van der Waals surface area contributed by atoms with Gasteiger partial charge in [-0.3, -0.25) is 0 Å². The first-order valence-corrected chi connectivity index (χ1v) is 8.28. The first-order chi connectivity index (χ1) is 11.5. The molecule has 0 spiro atoms. The van der Waals surface area contributed by atoms with Crippen LogP contribution in [-0.2, 0) is 0 Å². The second-order valence-electron chi connectivity index (χ2n) is 5.21. The van der Waals surface area contributed by atoms with Gasteiger partial charge in [-0.05, 0) is 56.3 Å². The molecule has 3 aromatic rings. The van der Waals surface area contributed by atoms with Crippen LogP contribution >= 0.6 is 34.8 Å². The molecule has 0 aliphatic heterocycles. The van der Waals surface area contributed by atoms with Crippen molar-refractivity contribution >= 4 is 46.2 Å². The highest BCUT2D eigenvalue weighted by atomic mass is 35.5. The molecule has 0 saturated carbocycles. The fraction of sp³-hybridized carbons (Fsp3) is 0.118.